The largest absolute Gasteiger partial charge is 0.507 e. The van der Waals surface area contributed by atoms with Crippen molar-refractivity contribution in [2.75, 3.05) is 0 Å². The Hall–Kier alpha value is -1.61. The fourth-order valence-corrected chi connectivity index (χ4v) is 2.30. The van der Waals surface area contributed by atoms with Crippen molar-refractivity contribution in [3.05, 3.63) is 47.3 Å². The van der Waals surface area contributed by atoms with E-state index >= 15 is 0 Å². The second-order valence-corrected chi connectivity index (χ2v) is 5.22. The molecule has 0 saturated carbocycles. The van der Waals surface area contributed by atoms with Gasteiger partial charge in [-0.25, -0.2) is 0 Å². The van der Waals surface area contributed by atoms with Crippen molar-refractivity contribution in [2.24, 2.45) is 0 Å². The van der Waals surface area contributed by atoms with Gasteiger partial charge in [-0.2, -0.15) is 0 Å². The molecule has 0 aliphatic heterocycles. The number of allylic oxidation sites excluding steroid dienone is 2. The van der Waals surface area contributed by atoms with Crippen LogP contribution >= 0.6 is 0 Å². The SMILES string of the molecule is C=C(C)CC1=C(O)C(C=O)=CC(O)(CC(=C)C)C1. The lowest BCUT2D eigenvalue weighted by atomic mass is 9.80. The van der Waals surface area contributed by atoms with Crippen LogP contribution in [0, 0.1) is 0 Å². The third kappa shape index (κ3) is 3.44. The Morgan fingerprint density at radius 1 is 1.44 bits per heavy atom. The minimum absolute atomic E-state index is 0.0283. The van der Waals surface area contributed by atoms with Gasteiger partial charge in [-0.05, 0) is 31.9 Å². The van der Waals surface area contributed by atoms with Gasteiger partial charge >= 0.3 is 0 Å². The summed E-state index contributed by atoms with van der Waals surface area (Å²) in [5.41, 5.74) is 1.35. The van der Waals surface area contributed by atoms with Gasteiger partial charge in [0.15, 0.2) is 6.29 Å². The Kier molecular flexibility index (Phi) is 4.30. The van der Waals surface area contributed by atoms with Gasteiger partial charge in [-0.15, -0.1) is 6.58 Å². The first-order valence-corrected chi connectivity index (χ1v) is 5.88. The molecular weight excluding hydrogens is 228 g/mol. The lowest BCUT2D eigenvalue weighted by Gasteiger charge is -2.31. The second-order valence-electron chi connectivity index (χ2n) is 5.22. The van der Waals surface area contributed by atoms with Crippen LogP contribution in [-0.4, -0.2) is 22.1 Å². The van der Waals surface area contributed by atoms with Crippen molar-refractivity contribution in [1.82, 2.24) is 0 Å². The molecule has 98 valence electrons. The van der Waals surface area contributed by atoms with Crippen LogP contribution in [0.15, 0.2) is 47.3 Å². The molecule has 0 heterocycles. The fraction of sp³-hybridized carbons (Fsp3) is 0.400. The van der Waals surface area contributed by atoms with Crippen LogP contribution in [0.1, 0.15) is 33.1 Å². The molecule has 1 aliphatic carbocycles. The lowest BCUT2D eigenvalue weighted by molar-refractivity contribution is -0.105. The number of hydrogen-bond acceptors (Lipinski definition) is 3. The zero-order chi connectivity index (χ0) is 13.9. The molecule has 0 fully saturated rings. The summed E-state index contributed by atoms with van der Waals surface area (Å²) in [4.78, 5) is 11.0. The van der Waals surface area contributed by atoms with Gasteiger partial charge in [0.1, 0.15) is 5.76 Å². The predicted molar refractivity (Wildman–Crippen MR) is 72.2 cm³/mol. The molecule has 0 aromatic heterocycles. The number of aliphatic hydroxyl groups excluding tert-OH is 1. The van der Waals surface area contributed by atoms with E-state index in [1.165, 1.54) is 6.08 Å². The monoisotopic (exact) mass is 248 g/mol. The van der Waals surface area contributed by atoms with Crippen molar-refractivity contribution in [2.45, 2.75) is 38.7 Å². The first-order valence-electron chi connectivity index (χ1n) is 5.88. The molecule has 0 saturated heterocycles. The zero-order valence-corrected chi connectivity index (χ0v) is 11.0. The first kappa shape index (κ1) is 14.5. The van der Waals surface area contributed by atoms with Crippen LogP contribution in [0.3, 0.4) is 0 Å². The molecular formula is C15H20O3. The summed E-state index contributed by atoms with van der Waals surface area (Å²) in [6.07, 6.45) is 3.14. The molecule has 0 aromatic rings. The standard InChI is InChI=1S/C15H20O3/c1-10(2)5-12-7-15(18,6-11(3)4)8-13(9-16)14(12)17/h8-9,17-18H,1,3,5-7H2,2,4H3. The van der Waals surface area contributed by atoms with E-state index in [0.717, 1.165) is 11.1 Å². The molecule has 0 radical (unpaired) electrons. The molecule has 1 unspecified atom stereocenters. The third-order valence-electron chi connectivity index (χ3n) is 2.80. The van der Waals surface area contributed by atoms with Crippen LogP contribution in [0.2, 0.25) is 0 Å². The maximum absolute atomic E-state index is 11.0. The van der Waals surface area contributed by atoms with Gasteiger partial charge in [-0.1, -0.05) is 17.7 Å². The molecule has 1 rings (SSSR count). The van der Waals surface area contributed by atoms with Crippen LogP contribution in [0.25, 0.3) is 0 Å². The molecule has 0 aromatic carbocycles. The number of aliphatic hydroxyl groups is 2. The van der Waals surface area contributed by atoms with E-state index < -0.39 is 5.60 Å². The summed E-state index contributed by atoms with van der Waals surface area (Å²) in [7, 11) is 0. The Labute approximate surface area is 108 Å². The normalized spacial score (nSPS) is 23.6. The van der Waals surface area contributed by atoms with Crippen molar-refractivity contribution >= 4 is 6.29 Å². The Morgan fingerprint density at radius 3 is 2.50 bits per heavy atom. The van der Waals surface area contributed by atoms with E-state index in [9.17, 15) is 15.0 Å². The molecule has 1 aliphatic rings. The summed E-state index contributed by atoms with van der Waals surface area (Å²) >= 11 is 0. The van der Waals surface area contributed by atoms with Crippen molar-refractivity contribution in [1.29, 1.82) is 0 Å². The van der Waals surface area contributed by atoms with E-state index in [1.807, 2.05) is 13.8 Å². The van der Waals surface area contributed by atoms with E-state index in [4.69, 9.17) is 0 Å². The average Bonchev–Trinajstić information content (AvgIpc) is 2.21. The second kappa shape index (κ2) is 5.36. The Bertz CT molecular complexity index is 454. The minimum Gasteiger partial charge on any atom is -0.507 e. The first-order chi connectivity index (χ1) is 8.27. The van der Waals surface area contributed by atoms with Crippen LogP contribution in [0.4, 0.5) is 0 Å². The number of hydrogen-bond donors (Lipinski definition) is 2. The number of aldehydes is 1. The van der Waals surface area contributed by atoms with Gasteiger partial charge in [0.05, 0.1) is 11.2 Å². The molecule has 2 N–H and O–H groups in total. The third-order valence-corrected chi connectivity index (χ3v) is 2.80. The Balaban J connectivity index is 3.12. The van der Waals surface area contributed by atoms with Gasteiger partial charge in [0.25, 0.3) is 0 Å². The number of carbonyl (C=O) groups excluding carboxylic acids is 1. The topological polar surface area (TPSA) is 57.5 Å². The average molecular weight is 248 g/mol. The highest BCUT2D eigenvalue weighted by molar-refractivity contribution is 5.80. The quantitative estimate of drug-likeness (QED) is 0.581. The van der Waals surface area contributed by atoms with Gasteiger partial charge in [-0.3, -0.25) is 4.79 Å². The summed E-state index contributed by atoms with van der Waals surface area (Å²) < 4.78 is 0. The summed E-state index contributed by atoms with van der Waals surface area (Å²) in [6, 6.07) is 0. The van der Waals surface area contributed by atoms with Gasteiger partial charge < -0.3 is 10.2 Å². The molecule has 0 bridgehead atoms. The Morgan fingerprint density at radius 2 is 2.06 bits per heavy atom. The van der Waals surface area contributed by atoms with Gasteiger partial charge in [0.2, 0.25) is 0 Å². The molecule has 18 heavy (non-hydrogen) atoms. The molecule has 3 nitrogen and oxygen atoms in total. The highest BCUT2D eigenvalue weighted by Crippen LogP contribution is 2.36. The number of rotatable bonds is 5. The highest BCUT2D eigenvalue weighted by atomic mass is 16.3. The van der Waals surface area contributed by atoms with Crippen molar-refractivity contribution < 1.29 is 15.0 Å². The molecule has 0 amide bonds. The maximum Gasteiger partial charge on any atom is 0.153 e. The van der Waals surface area contributed by atoms with Gasteiger partial charge in [0, 0.05) is 12.8 Å². The summed E-state index contributed by atoms with van der Waals surface area (Å²) in [5.74, 6) is -0.0283. The van der Waals surface area contributed by atoms with Crippen LogP contribution < -0.4 is 0 Å². The molecule has 1 atom stereocenters. The van der Waals surface area contributed by atoms with E-state index in [0.29, 0.717) is 31.1 Å². The molecule has 3 heteroatoms. The smallest absolute Gasteiger partial charge is 0.153 e. The summed E-state index contributed by atoms with van der Waals surface area (Å²) in [5, 5.41) is 20.4. The van der Waals surface area contributed by atoms with Crippen molar-refractivity contribution in [3.63, 3.8) is 0 Å². The van der Waals surface area contributed by atoms with E-state index in [-0.39, 0.29) is 11.3 Å². The van der Waals surface area contributed by atoms with E-state index in [1.54, 1.807) is 0 Å². The summed E-state index contributed by atoms with van der Waals surface area (Å²) in [6.45, 7) is 11.2. The number of carbonyl (C=O) groups is 1. The maximum atomic E-state index is 11.0. The molecule has 0 spiro atoms. The lowest BCUT2D eigenvalue weighted by Crippen LogP contribution is -2.31. The highest BCUT2D eigenvalue weighted by Gasteiger charge is 2.32. The van der Waals surface area contributed by atoms with Crippen LogP contribution in [-0.2, 0) is 4.79 Å². The fourth-order valence-electron chi connectivity index (χ4n) is 2.30. The predicted octanol–water partition coefficient (Wildman–Crippen LogP) is 2.99. The van der Waals surface area contributed by atoms with Crippen molar-refractivity contribution in [3.8, 4) is 0 Å². The minimum atomic E-state index is -1.14. The zero-order valence-electron chi connectivity index (χ0n) is 11.0. The van der Waals surface area contributed by atoms with E-state index in [2.05, 4.69) is 13.2 Å². The van der Waals surface area contributed by atoms with Crippen LogP contribution in [0.5, 0.6) is 0 Å².